The number of ether oxygens (including phenoxy) is 3. The first kappa shape index (κ1) is 23.7. The largest absolute Gasteiger partial charge is 0.490 e. The zero-order valence-corrected chi connectivity index (χ0v) is 21.0. The number of nitrogens with one attached hydrogen (secondary N) is 1. The minimum Gasteiger partial charge on any atom is -0.490 e. The summed E-state index contributed by atoms with van der Waals surface area (Å²) in [5.41, 5.74) is 4.32. The first-order chi connectivity index (χ1) is 16.1. The molecular weight excluding hydrogens is 504 g/mol. The smallest absolute Gasteiger partial charge is 0.175 e. The third-order valence-corrected chi connectivity index (χ3v) is 6.40. The summed E-state index contributed by atoms with van der Waals surface area (Å²) in [6.07, 6.45) is 0. The van der Waals surface area contributed by atoms with Crippen LogP contribution in [0, 0.1) is 0 Å². The Hall–Kier alpha value is -2.41. The number of halogens is 2. The molecule has 33 heavy (non-hydrogen) atoms. The van der Waals surface area contributed by atoms with Crippen LogP contribution in [0.15, 0.2) is 65.1 Å². The van der Waals surface area contributed by atoms with Gasteiger partial charge in [-0.2, -0.15) is 0 Å². The summed E-state index contributed by atoms with van der Waals surface area (Å²) in [4.78, 5) is 2.35. The molecule has 1 heterocycles. The first-order valence-corrected chi connectivity index (χ1v) is 12.3. The molecule has 0 unspecified atom stereocenters. The highest BCUT2D eigenvalue weighted by Gasteiger charge is 2.14. The molecule has 174 valence electrons. The second kappa shape index (κ2) is 11.6. The van der Waals surface area contributed by atoms with E-state index in [-0.39, 0.29) is 0 Å². The molecule has 0 atom stereocenters. The lowest BCUT2D eigenvalue weighted by molar-refractivity contribution is 0.122. The highest BCUT2D eigenvalue weighted by atomic mass is 79.9. The SMILES string of the molecule is CCOc1cc(CNc2ccc(N3CCOCC3)cc2)cc(Br)c1OCc1ccccc1Cl. The second-order valence-corrected chi connectivity index (χ2v) is 8.98. The Morgan fingerprint density at radius 1 is 1.03 bits per heavy atom. The lowest BCUT2D eigenvalue weighted by atomic mass is 10.2. The molecule has 1 aliphatic rings. The minimum absolute atomic E-state index is 0.367. The normalized spacial score (nSPS) is 13.6. The molecule has 1 saturated heterocycles. The van der Waals surface area contributed by atoms with Gasteiger partial charge < -0.3 is 24.4 Å². The van der Waals surface area contributed by atoms with Crippen LogP contribution < -0.4 is 19.7 Å². The molecule has 0 bridgehead atoms. The molecule has 3 aromatic rings. The van der Waals surface area contributed by atoms with Crippen molar-refractivity contribution in [2.24, 2.45) is 0 Å². The fraction of sp³-hybridized carbons (Fsp3) is 0.308. The van der Waals surface area contributed by atoms with Crippen LogP contribution in [0.3, 0.4) is 0 Å². The van der Waals surface area contributed by atoms with Crippen LogP contribution in [-0.2, 0) is 17.9 Å². The molecule has 7 heteroatoms. The van der Waals surface area contributed by atoms with Gasteiger partial charge in [0.2, 0.25) is 0 Å². The highest BCUT2D eigenvalue weighted by Crippen LogP contribution is 2.38. The first-order valence-electron chi connectivity index (χ1n) is 11.1. The van der Waals surface area contributed by atoms with Gasteiger partial charge in [-0.05, 0) is 70.9 Å². The predicted molar refractivity (Wildman–Crippen MR) is 138 cm³/mol. The van der Waals surface area contributed by atoms with Crippen molar-refractivity contribution in [3.63, 3.8) is 0 Å². The molecule has 4 rings (SSSR count). The molecule has 0 saturated carbocycles. The molecule has 0 aliphatic carbocycles. The fourth-order valence-electron chi connectivity index (χ4n) is 3.71. The zero-order chi connectivity index (χ0) is 23.0. The van der Waals surface area contributed by atoms with E-state index in [4.69, 9.17) is 25.8 Å². The van der Waals surface area contributed by atoms with Crippen LogP contribution in [0.2, 0.25) is 5.02 Å². The summed E-state index contributed by atoms with van der Waals surface area (Å²) in [5, 5.41) is 4.18. The van der Waals surface area contributed by atoms with Gasteiger partial charge in [0.25, 0.3) is 0 Å². The van der Waals surface area contributed by atoms with Gasteiger partial charge in [-0.25, -0.2) is 0 Å². The Morgan fingerprint density at radius 2 is 1.79 bits per heavy atom. The maximum atomic E-state index is 6.27. The molecule has 1 fully saturated rings. The van der Waals surface area contributed by atoms with Gasteiger partial charge in [0, 0.05) is 41.6 Å². The summed E-state index contributed by atoms with van der Waals surface area (Å²) >= 11 is 9.93. The molecule has 0 amide bonds. The molecule has 0 spiro atoms. The molecule has 0 aromatic heterocycles. The van der Waals surface area contributed by atoms with Crippen molar-refractivity contribution in [2.45, 2.75) is 20.1 Å². The number of nitrogens with zero attached hydrogens (tertiary/aromatic N) is 1. The van der Waals surface area contributed by atoms with Crippen molar-refractivity contribution in [1.82, 2.24) is 0 Å². The topological polar surface area (TPSA) is 43.0 Å². The van der Waals surface area contributed by atoms with Crippen molar-refractivity contribution >= 4 is 38.9 Å². The van der Waals surface area contributed by atoms with Crippen LogP contribution in [0.25, 0.3) is 0 Å². The zero-order valence-electron chi connectivity index (χ0n) is 18.7. The van der Waals surface area contributed by atoms with E-state index in [9.17, 15) is 0 Å². The van der Waals surface area contributed by atoms with Gasteiger partial charge >= 0.3 is 0 Å². The van der Waals surface area contributed by atoms with Crippen molar-refractivity contribution < 1.29 is 14.2 Å². The third kappa shape index (κ3) is 6.34. The Labute approximate surface area is 208 Å². The summed E-state index contributed by atoms with van der Waals surface area (Å²) in [7, 11) is 0. The van der Waals surface area contributed by atoms with Crippen molar-refractivity contribution in [1.29, 1.82) is 0 Å². The van der Waals surface area contributed by atoms with E-state index >= 15 is 0 Å². The molecule has 5 nitrogen and oxygen atoms in total. The quantitative estimate of drug-likeness (QED) is 0.340. The molecule has 1 aliphatic heterocycles. The maximum Gasteiger partial charge on any atom is 0.175 e. The van der Waals surface area contributed by atoms with Crippen molar-refractivity contribution in [3.8, 4) is 11.5 Å². The molecular formula is C26H28BrClN2O3. The summed E-state index contributed by atoms with van der Waals surface area (Å²) in [5.74, 6) is 1.38. The van der Waals surface area contributed by atoms with Gasteiger partial charge in [-0.15, -0.1) is 0 Å². The minimum atomic E-state index is 0.367. The van der Waals surface area contributed by atoms with Crippen LogP contribution >= 0.6 is 27.5 Å². The van der Waals surface area contributed by atoms with Gasteiger partial charge in [0.05, 0.1) is 24.3 Å². The van der Waals surface area contributed by atoms with Crippen LogP contribution in [0.4, 0.5) is 11.4 Å². The van der Waals surface area contributed by atoms with E-state index in [1.807, 2.05) is 37.3 Å². The predicted octanol–water partition coefficient (Wildman–Crippen LogP) is 6.53. The van der Waals surface area contributed by atoms with Gasteiger partial charge in [-0.3, -0.25) is 0 Å². The average Bonchev–Trinajstić information content (AvgIpc) is 2.84. The van der Waals surface area contributed by atoms with Gasteiger partial charge in [0.15, 0.2) is 11.5 Å². The lowest BCUT2D eigenvalue weighted by Gasteiger charge is -2.29. The van der Waals surface area contributed by atoms with E-state index in [1.165, 1.54) is 5.69 Å². The van der Waals surface area contributed by atoms with Gasteiger partial charge in [0.1, 0.15) is 6.61 Å². The van der Waals surface area contributed by atoms with Crippen LogP contribution in [0.5, 0.6) is 11.5 Å². The van der Waals surface area contributed by atoms with Crippen molar-refractivity contribution in [3.05, 3.63) is 81.3 Å². The lowest BCUT2D eigenvalue weighted by Crippen LogP contribution is -2.36. The Balaban J connectivity index is 1.42. The Bertz CT molecular complexity index is 1060. The number of anilines is 2. The van der Waals surface area contributed by atoms with E-state index in [2.05, 4.69) is 56.5 Å². The monoisotopic (exact) mass is 530 g/mol. The van der Waals surface area contributed by atoms with E-state index in [0.717, 1.165) is 47.6 Å². The summed E-state index contributed by atoms with van der Waals surface area (Å²) in [6, 6.07) is 20.3. The molecule has 1 N–H and O–H groups in total. The van der Waals surface area contributed by atoms with Crippen LogP contribution in [-0.4, -0.2) is 32.9 Å². The standard InChI is InChI=1S/C26H28BrClN2O3/c1-2-32-25-16-19(15-23(27)26(25)33-18-20-5-3-4-6-24(20)28)17-29-21-7-9-22(10-8-21)30-11-13-31-14-12-30/h3-10,15-16,29H,2,11-14,17-18H2,1H3. The summed E-state index contributed by atoms with van der Waals surface area (Å²) in [6.45, 7) is 7.00. The molecule has 0 radical (unpaired) electrons. The maximum absolute atomic E-state index is 6.27. The van der Waals surface area contributed by atoms with E-state index in [0.29, 0.717) is 36.3 Å². The Morgan fingerprint density at radius 3 is 2.52 bits per heavy atom. The number of morpholine rings is 1. The molecule has 3 aromatic carbocycles. The average molecular weight is 532 g/mol. The van der Waals surface area contributed by atoms with E-state index in [1.54, 1.807) is 0 Å². The number of hydrogen-bond donors (Lipinski definition) is 1. The Kier molecular flexibility index (Phi) is 8.37. The highest BCUT2D eigenvalue weighted by molar-refractivity contribution is 9.10. The second-order valence-electron chi connectivity index (χ2n) is 7.72. The summed E-state index contributed by atoms with van der Waals surface area (Å²) < 4.78 is 18.3. The van der Waals surface area contributed by atoms with Crippen molar-refractivity contribution in [2.75, 3.05) is 43.1 Å². The number of benzene rings is 3. The number of rotatable bonds is 9. The van der Waals surface area contributed by atoms with Crippen LogP contribution in [0.1, 0.15) is 18.1 Å². The number of hydrogen-bond acceptors (Lipinski definition) is 5. The third-order valence-electron chi connectivity index (χ3n) is 5.44. The van der Waals surface area contributed by atoms with Gasteiger partial charge in [-0.1, -0.05) is 29.8 Å². The fourth-order valence-corrected chi connectivity index (χ4v) is 4.50. The van der Waals surface area contributed by atoms with E-state index < -0.39 is 0 Å².